The molecule has 0 saturated heterocycles. The van der Waals surface area contributed by atoms with Gasteiger partial charge in [-0.15, -0.1) is 0 Å². The molecule has 0 bridgehead atoms. The minimum atomic E-state index is -3.83. The van der Waals surface area contributed by atoms with Crippen molar-refractivity contribution >= 4 is 65.6 Å². The number of aromatic nitrogens is 1. The second-order valence-electron chi connectivity index (χ2n) is 6.87. The molecule has 1 heterocycles. The molecule has 1 amide bonds. The molecule has 6 nitrogen and oxygen atoms in total. The number of benzene rings is 2. The summed E-state index contributed by atoms with van der Waals surface area (Å²) in [6.45, 7) is 6.66. The van der Waals surface area contributed by atoms with Crippen LogP contribution < -0.4 is 4.90 Å². The average molecular weight is 500 g/mol. The van der Waals surface area contributed by atoms with Crippen molar-refractivity contribution in [2.24, 2.45) is 0 Å². The molecule has 2 aromatic carbocycles. The van der Waals surface area contributed by atoms with Crippen molar-refractivity contribution in [3.8, 4) is 0 Å². The monoisotopic (exact) mass is 499 g/mol. The van der Waals surface area contributed by atoms with E-state index >= 15 is 0 Å². The van der Waals surface area contributed by atoms with Crippen LogP contribution in [0.1, 0.15) is 13.8 Å². The van der Waals surface area contributed by atoms with Crippen LogP contribution in [0, 0.1) is 0 Å². The Balaban J connectivity index is 1.91. The summed E-state index contributed by atoms with van der Waals surface area (Å²) in [6.07, 6.45) is 0. The SMILES string of the molecule is CCN(CC)CCN(C(=O)CS(=O)(=O)c1ccc(Cl)cc1)c1nc2c(Cl)cccc2s1. The van der Waals surface area contributed by atoms with Gasteiger partial charge in [0.2, 0.25) is 5.91 Å². The van der Waals surface area contributed by atoms with Crippen molar-refractivity contribution in [2.75, 3.05) is 36.8 Å². The number of thiazole rings is 1. The number of amides is 1. The predicted molar refractivity (Wildman–Crippen MR) is 128 cm³/mol. The molecule has 166 valence electrons. The van der Waals surface area contributed by atoms with Gasteiger partial charge in [-0.05, 0) is 49.5 Å². The van der Waals surface area contributed by atoms with Crippen LogP contribution in [0.15, 0.2) is 47.4 Å². The second-order valence-corrected chi connectivity index (χ2v) is 10.7. The number of carbonyl (C=O) groups is 1. The molecule has 0 unspecified atom stereocenters. The number of hydrogen-bond acceptors (Lipinski definition) is 6. The van der Waals surface area contributed by atoms with Gasteiger partial charge in [-0.1, -0.05) is 54.5 Å². The van der Waals surface area contributed by atoms with E-state index in [1.54, 1.807) is 6.07 Å². The van der Waals surface area contributed by atoms with Crippen molar-refractivity contribution in [3.05, 3.63) is 52.5 Å². The van der Waals surface area contributed by atoms with Gasteiger partial charge < -0.3 is 4.90 Å². The Hall–Kier alpha value is -1.71. The summed E-state index contributed by atoms with van der Waals surface area (Å²) in [4.78, 5) is 21.4. The zero-order chi connectivity index (χ0) is 22.6. The Morgan fingerprint density at radius 1 is 1.03 bits per heavy atom. The van der Waals surface area contributed by atoms with E-state index in [1.165, 1.54) is 40.5 Å². The highest BCUT2D eigenvalue weighted by atomic mass is 35.5. The van der Waals surface area contributed by atoms with Gasteiger partial charge in [0.05, 0.1) is 14.6 Å². The van der Waals surface area contributed by atoms with Crippen molar-refractivity contribution in [3.63, 3.8) is 0 Å². The number of sulfone groups is 1. The van der Waals surface area contributed by atoms with Gasteiger partial charge in [-0.25, -0.2) is 13.4 Å². The highest BCUT2D eigenvalue weighted by Crippen LogP contribution is 2.33. The third-order valence-electron chi connectivity index (χ3n) is 4.91. The highest BCUT2D eigenvalue weighted by molar-refractivity contribution is 7.92. The lowest BCUT2D eigenvalue weighted by Crippen LogP contribution is -2.41. The number of hydrogen-bond donors (Lipinski definition) is 0. The molecule has 0 aliphatic carbocycles. The maximum atomic E-state index is 13.2. The zero-order valence-corrected chi connectivity index (χ0v) is 20.4. The van der Waals surface area contributed by atoms with Gasteiger partial charge in [-0.2, -0.15) is 0 Å². The lowest BCUT2D eigenvalue weighted by Gasteiger charge is -2.24. The average Bonchev–Trinajstić information content (AvgIpc) is 3.16. The summed E-state index contributed by atoms with van der Waals surface area (Å²) < 4.78 is 26.5. The maximum absolute atomic E-state index is 13.2. The van der Waals surface area contributed by atoms with Crippen LogP contribution >= 0.6 is 34.5 Å². The van der Waals surface area contributed by atoms with E-state index in [1.807, 2.05) is 26.0 Å². The number of carbonyl (C=O) groups excluding carboxylic acids is 1. The van der Waals surface area contributed by atoms with E-state index in [-0.39, 0.29) is 4.90 Å². The Morgan fingerprint density at radius 3 is 2.32 bits per heavy atom. The Bertz CT molecular complexity index is 1160. The van der Waals surface area contributed by atoms with E-state index in [0.717, 1.165) is 17.8 Å². The number of likely N-dealkylation sites (N-methyl/N-ethyl adjacent to an activating group) is 1. The van der Waals surface area contributed by atoms with Crippen molar-refractivity contribution in [1.82, 2.24) is 9.88 Å². The third kappa shape index (κ3) is 5.75. The van der Waals surface area contributed by atoms with Gasteiger partial charge in [-0.3, -0.25) is 9.69 Å². The fourth-order valence-electron chi connectivity index (χ4n) is 3.09. The molecule has 3 aromatic rings. The number of fused-ring (bicyclic) bond motifs is 1. The topological polar surface area (TPSA) is 70.6 Å². The predicted octanol–water partition coefficient (Wildman–Crippen LogP) is 4.75. The van der Waals surface area contributed by atoms with Crippen LogP contribution in [0.3, 0.4) is 0 Å². The first-order valence-electron chi connectivity index (χ1n) is 9.81. The summed E-state index contributed by atoms with van der Waals surface area (Å²) in [6, 6.07) is 11.2. The standard InChI is InChI=1S/C21H23Cl2N3O3S2/c1-3-25(4-2)12-13-26(21-24-20-17(23)6-5-7-18(20)30-21)19(27)14-31(28,29)16-10-8-15(22)9-11-16/h5-11H,3-4,12-14H2,1-2H3. The zero-order valence-electron chi connectivity index (χ0n) is 17.2. The van der Waals surface area contributed by atoms with Crippen LogP contribution in [0.4, 0.5) is 5.13 Å². The molecular weight excluding hydrogens is 477 g/mol. The van der Waals surface area contributed by atoms with E-state index in [0.29, 0.717) is 33.8 Å². The molecule has 0 aliphatic rings. The van der Waals surface area contributed by atoms with Gasteiger partial charge in [0.1, 0.15) is 11.3 Å². The summed E-state index contributed by atoms with van der Waals surface area (Å²) in [5.74, 6) is -1.19. The molecule has 1 aromatic heterocycles. The third-order valence-corrected chi connectivity index (χ3v) is 8.13. The molecule has 3 rings (SSSR count). The van der Waals surface area contributed by atoms with Gasteiger partial charge in [0, 0.05) is 18.1 Å². The fourth-order valence-corrected chi connectivity index (χ4v) is 5.73. The molecule has 0 spiro atoms. The fraction of sp³-hybridized carbons (Fsp3) is 0.333. The lowest BCUT2D eigenvalue weighted by atomic mass is 10.3. The minimum absolute atomic E-state index is 0.0567. The largest absolute Gasteiger partial charge is 0.302 e. The summed E-state index contributed by atoms with van der Waals surface area (Å²) in [7, 11) is -3.83. The van der Waals surface area contributed by atoms with Crippen LogP contribution in [0.25, 0.3) is 10.2 Å². The van der Waals surface area contributed by atoms with E-state index in [2.05, 4.69) is 9.88 Å². The van der Waals surface area contributed by atoms with Crippen LogP contribution in [-0.4, -0.2) is 56.1 Å². The first-order chi connectivity index (χ1) is 14.7. The summed E-state index contributed by atoms with van der Waals surface area (Å²) in [5, 5.41) is 1.36. The molecule has 10 heteroatoms. The Kier molecular flexibility index (Phi) is 7.93. The number of anilines is 1. The summed E-state index contributed by atoms with van der Waals surface area (Å²) >= 11 is 13.4. The van der Waals surface area contributed by atoms with Crippen LogP contribution in [0.2, 0.25) is 10.0 Å². The summed E-state index contributed by atoms with van der Waals surface area (Å²) in [5.41, 5.74) is 0.602. The first-order valence-corrected chi connectivity index (χ1v) is 13.0. The quantitative estimate of drug-likeness (QED) is 0.424. The maximum Gasteiger partial charge on any atom is 0.244 e. The molecule has 0 radical (unpaired) electrons. The molecular formula is C21H23Cl2N3O3S2. The van der Waals surface area contributed by atoms with Crippen molar-refractivity contribution in [1.29, 1.82) is 0 Å². The Morgan fingerprint density at radius 2 is 1.71 bits per heavy atom. The van der Waals surface area contributed by atoms with Crippen molar-refractivity contribution in [2.45, 2.75) is 18.7 Å². The van der Waals surface area contributed by atoms with Gasteiger partial charge >= 0.3 is 0 Å². The molecule has 0 N–H and O–H groups in total. The molecule has 0 fully saturated rings. The van der Waals surface area contributed by atoms with Crippen LogP contribution in [0.5, 0.6) is 0 Å². The molecule has 0 aliphatic heterocycles. The van der Waals surface area contributed by atoms with Crippen molar-refractivity contribution < 1.29 is 13.2 Å². The lowest BCUT2D eigenvalue weighted by molar-refractivity contribution is -0.116. The highest BCUT2D eigenvalue weighted by Gasteiger charge is 2.27. The second kappa shape index (κ2) is 10.3. The molecule has 0 saturated carbocycles. The molecule has 0 atom stereocenters. The number of nitrogens with zero attached hydrogens (tertiary/aromatic N) is 3. The molecule has 31 heavy (non-hydrogen) atoms. The minimum Gasteiger partial charge on any atom is -0.302 e. The van der Waals surface area contributed by atoms with Gasteiger partial charge in [0.25, 0.3) is 0 Å². The van der Waals surface area contributed by atoms with E-state index in [9.17, 15) is 13.2 Å². The normalized spacial score (nSPS) is 11.9. The number of halogens is 2. The smallest absolute Gasteiger partial charge is 0.244 e. The number of rotatable bonds is 9. The van der Waals surface area contributed by atoms with Gasteiger partial charge in [0.15, 0.2) is 15.0 Å². The Labute approximate surface area is 196 Å². The number of para-hydroxylation sites is 1. The van der Waals surface area contributed by atoms with E-state index < -0.39 is 21.5 Å². The van der Waals surface area contributed by atoms with Crippen LogP contribution in [-0.2, 0) is 14.6 Å². The first kappa shape index (κ1) is 23.9. The van der Waals surface area contributed by atoms with E-state index in [4.69, 9.17) is 23.2 Å².